The van der Waals surface area contributed by atoms with Crippen molar-refractivity contribution in [3.63, 3.8) is 0 Å². The molecule has 21 heavy (non-hydrogen) atoms. The number of hydrogen-bond acceptors (Lipinski definition) is 3. The molecular formula is C14H18BrF2N3O. The van der Waals surface area contributed by atoms with Crippen LogP contribution in [0, 0.1) is 12.8 Å². The van der Waals surface area contributed by atoms with E-state index in [2.05, 4.69) is 31.1 Å². The van der Waals surface area contributed by atoms with Crippen LogP contribution in [0.15, 0.2) is 16.7 Å². The van der Waals surface area contributed by atoms with Gasteiger partial charge in [-0.25, -0.2) is 13.8 Å². The maximum Gasteiger partial charge on any atom is 0.255 e. The topological polar surface area (TPSA) is 45.2 Å². The molecule has 1 saturated heterocycles. The fraction of sp³-hybridized carbons (Fsp3) is 0.571. The highest BCUT2D eigenvalue weighted by Gasteiger charge is 2.27. The summed E-state index contributed by atoms with van der Waals surface area (Å²) in [6, 6.07) is 1.98. The second-order valence-electron chi connectivity index (χ2n) is 5.22. The summed E-state index contributed by atoms with van der Waals surface area (Å²) in [6.45, 7) is 2.73. The number of carbonyl (C=O) groups is 1. The fourth-order valence-electron chi connectivity index (χ4n) is 2.57. The van der Waals surface area contributed by atoms with Crippen molar-refractivity contribution in [2.24, 2.45) is 5.92 Å². The van der Waals surface area contributed by atoms with Gasteiger partial charge in [0.05, 0.1) is 12.5 Å². The Morgan fingerprint density at radius 3 is 3.05 bits per heavy atom. The smallest absolute Gasteiger partial charge is 0.255 e. The first-order chi connectivity index (χ1) is 9.97. The summed E-state index contributed by atoms with van der Waals surface area (Å²) in [6.07, 6.45) is 0.789. The lowest BCUT2D eigenvalue weighted by Gasteiger charge is -2.33. The number of aryl methyl sites for hydroxylation is 1. The van der Waals surface area contributed by atoms with Gasteiger partial charge in [-0.3, -0.25) is 4.79 Å². The molecule has 2 rings (SSSR count). The van der Waals surface area contributed by atoms with Crippen LogP contribution >= 0.6 is 15.9 Å². The van der Waals surface area contributed by atoms with Crippen LogP contribution in [-0.4, -0.2) is 37.0 Å². The van der Waals surface area contributed by atoms with Gasteiger partial charge in [-0.15, -0.1) is 0 Å². The number of piperidine rings is 1. The molecule has 0 bridgehead atoms. The zero-order valence-electron chi connectivity index (χ0n) is 11.8. The zero-order chi connectivity index (χ0) is 15.4. The van der Waals surface area contributed by atoms with E-state index in [1.165, 1.54) is 0 Å². The largest absolute Gasteiger partial charge is 0.356 e. The predicted molar refractivity (Wildman–Crippen MR) is 80.6 cm³/mol. The third kappa shape index (κ3) is 4.36. The maximum atomic E-state index is 12.2. The van der Waals surface area contributed by atoms with Crippen molar-refractivity contribution in [2.45, 2.75) is 26.2 Å². The number of anilines is 1. The molecule has 2 heterocycles. The lowest BCUT2D eigenvalue weighted by molar-refractivity contribution is -0.125. The summed E-state index contributed by atoms with van der Waals surface area (Å²) in [5.74, 6) is 0.293. The molecular weight excluding hydrogens is 344 g/mol. The van der Waals surface area contributed by atoms with Crippen LogP contribution in [0.5, 0.6) is 0 Å². The van der Waals surface area contributed by atoms with Gasteiger partial charge in [-0.2, -0.15) is 0 Å². The minimum Gasteiger partial charge on any atom is -0.356 e. The van der Waals surface area contributed by atoms with E-state index in [-0.39, 0.29) is 11.8 Å². The fourth-order valence-corrected chi connectivity index (χ4v) is 3.02. The van der Waals surface area contributed by atoms with Gasteiger partial charge in [0.15, 0.2) is 0 Å². The van der Waals surface area contributed by atoms with E-state index >= 15 is 0 Å². The summed E-state index contributed by atoms with van der Waals surface area (Å²) in [7, 11) is 0. The average Bonchev–Trinajstić information content (AvgIpc) is 2.45. The third-order valence-electron chi connectivity index (χ3n) is 3.54. The summed E-state index contributed by atoms with van der Waals surface area (Å²) >= 11 is 3.37. The molecule has 0 spiro atoms. The van der Waals surface area contributed by atoms with E-state index < -0.39 is 13.0 Å². The summed E-state index contributed by atoms with van der Waals surface area (Å²) in [4.78, 5) is 18.4. The first kappa shape index (κ1) is 16.1. The van der Waals surface area contributed by atoms with Crippen molar-refractivity contribution in [2.75, 3.05) is 24.5 Å². The molecule has 1 atom stereocenters. The Hall–Kier alpha value is -1.24. The summed E-state index contributed by atoms with van der Waals surface area (Å²) in [5.41, 5.74) is 1.03. The Morgan fingerprint density at radius 1 is 1.62 bits per heavy atom. The lowest BCUT2D eigenvalue weighted by Crippen LogP contribution is -2.44. The molecule has 1 aliphatic heterocycles. The molecule has 1 aromatic heterocycles. The van der Waals surface area contributed by atoms with E-state index in [0.717, 1.165) is 35.2 Å². The van der Waals surface area contributed by atoms with Crippen molar-refractivity contribution in [1.82, 2.24) is 10.3 Å². The molecule has 1 amide bonds. The molecule has 1 unspecified atom stereocenters. The molecule has 0 radical (unpaired) electrons. The average molecular weight is 362 g/mol. The molecule has 0 saturated carbocycles. The summed E-state index contributed by atoms with van der Waals surface area (Å²) < 4.78 is 25.2. The predicted octanol–water partition coefficient (Wildman–Crippen LogP) is 2.75. The van der Waals surface area contributed by atoms with Crippen LogP contribution in [0.3, 0.4) is 0 Å². The van der Waals surface area contributed by atoms with E-state index in [9.17, 15) is 13.6 Å². The highest BCUT2D eigenvalue weighted by molar-refractivity contribution is 9.10. The Kier molecular flexibility index (Phi) is 5.50. The molecule has 0 aromatic carbocycles. The van der Waals surface area contributed by atoms with Crippen LogP contribution in [0.2, 0.25) is 0 Å². The monoisotopic (exact) mass is 361 g/mol. The van der Waals surface area contributed by atoms with Crippen LogP contribution in [0.1, 0.15) is 18.4 Å². The first-order valence-corrected chi connectivity index (χ1v) is 7.69. The second kappa shape index (κ2) is 7.15. The van der Waals surface area contributed by atoms with Gasteiger partial charge in [-0.1, -0.05) is 0 Å². The minimum absolute atomic E-state index is 0.262. The Bertz CT molecular complexity index is 513. The number of nitrogens with zero attached hydrogens (tertiary/aromatic N) is 2. The van der Waals surface area contributed by atoms with Crippen molar-refractivity contribution >= 4 is 27.7 Å². The van der Waals surface area contributed by atoms with Gasteiger partial charge in [0.1, 0.15) is 5.82 Å². The number of amides is 1. The van der Waals surface area contributed by atoms with Crippen molar-refractivity contribution in [1.29, 1.82) is 0 Å². The van der Waals surface area contributed by atoms with E-state index in [1.54, 1.807) is 6.20 Å². The molecule has 7 heteroatoms. The third-order valence-corrected chi connectivity index (χ3v) is 3.97. The Labute approximate surface area is 131 Å². The number of hydrogen-bond donors (Lipinski definition) is 1. The van der Waals surface area contributed by atoms with Gasteiger partial charge in [0, 0.05) is 23.8 Å². The molecule has 1 aliphatic rings. The highest BCUT2D eigenvalue weighted by Crippen LogP contribution is 2.26. The Morgan fingerprint density at radius 2 is 2.38 bits per heavy atom. The van der Waals surface area contributed by atoms with Crippen molar-refractivity contribution < 1.29 is 13.6 Å². The number of pyridine rings is 1. The molecule has 4 nitrogen and oxygen atoms in total. The number of rotatable bonds is 4. The van der Waals surface area contributed by atoms with E-state index in [0.29, 0.717) is 6.54 Å². The number of alkyl halides is 2. The van der Waals surface area contributed by atoms with Gasteiger partial charge >= 0.3 is 0 Å². The van der Waals surface area contributed by atoms with Crippen LogP contribution in [0.25, 0.3) is 0 Å². The van der Waals surface area contributed by atoms with Crippen LogP contribution in [-0.2, 0) is 4.79 Å². The second-order valence-corrected chi connectivity index (χ2v) is 6.13. The molecule has 116 valence electrons. The first-order valence-electron chi connectivity index (χ1n) is 6.90. The minimum atomic E-state index is -2.51. The van der Waals surface area contributed by atoms with Gasteiger partial charge in [-0.05, 0) is 47.3 Å². The molecule has 1 fully saturated rings. The van der Waals surface area contributed by atoms with Crippen molar-refractivity contribution in [3.8, 4) is 0 Å². The quantitative estimate of drug-likeness (QED) is 0.896. The highest BCUT2D eigenvalue weighted by atomic mass is 79.9. The lowest BCUT2D eigenvalue weighted by atomic mass is 9.97. The standard InChI is InChI=1S/C14H18BrF2N3O/c1-9-5-11(15)6-18-13(9)20-4-2-3-10(8-20)14(21)19-7-12(16)17/h5-6,10,12H,2-4,7-8H2,1H3,(H,19,21). The summed E-state index contributed by atoms with van der Waals surface area (Å²) in [5, 5.41) is 2.30. The zero-order valence-corrected chi connectivity index (χ0v) is 13.4. The number of carbonyl (C=O) groups excluding carboxylic acids is 1. The number of halogens is 3. The SMILES string of the molecule is Cc1cc(Br)cnc1N1CCCC(C(=O)NCC(F)F)C1. The van der Waals surface area contributed by atoms with Crippen LogP contribution < -0.4 is 10.2 Å². The molecule has 1 aromatic rings. The van der Waals surface area contributed by atoms with E-state index in [4.69, 9.17) is 0 Å². The Balaban J connectivity index is 2.01. The molecule has 1 N–H and O–H groups in total. The van der Waals surface area contributed by atoms with Crippen molar-refractivity contribution in [3.05, 3.63) is 22.3 Å². The van der Waals surface area contributed by atoms with Gasteiger partial charge in [0.25, 0.3) is 6.43 Å². The van der Waals surface area contributed by atoms with Crippen LogP contribution in [0.4, 0.5) is 14.6 Å². The molecule has 0 aliphatic carbocycles. The number of aromatic nitrogens is 1. The van der Waals surface area contributed by atoms with E-state index in [1.807, 2.05) is 13.0 Å². The number of nitrogens with one attached hydrogen (secondary N) is 1. The van der Waals surface area contributed by atoms with Gasteiger partial charge in [0.2, 0.25) is 5.91 Å². The normalized spacial score (nSPS) is 18.9. The maximum absolute atomic E-state index is 12.2. The van der Waals surface area contributed by atoms with Gasteiger partial charge < -0.3 is 10.2 Å².